The molecule has 0 aromatic heterocycles. The molecule has 0 amide bonds. The minimum absolute atomic E-state index is 0.272. The van der Waals surface area contributed by atoms with Crippen LogP contribution >= 0.6 is 0 Å². The summed E-state index contributed by atoms with van der Waals surface area (Å²) in [6.07, 6.45) is 8.20. The molecule has 0 saturated carbocycles. The summed E-state index contributed by atoms with van der Waals surface area (Å²) in [7, 11) is 0. The molecule has 0 bridgehead atoms. The SMILES string of the molecule is C1=CCC(C2=N[C@@H](Cc3ccccc3)CO2)=C1. The topological polar surface area (TPSA) is 21.6 Å². The summed E-state index contributed by atoms with van der Waals surface area (Å²) >= 11 is 0. The van der Waals surface area contributed by atoms with Crippen molar-refractivity contribution in [2.24, 2.45) is 4.99 Å². The van der Waals surface area contributed by atoms with Gasteiger partial charge in [-0.1, -0.05) is 48.6 Å². The van der Waals surface area contributed by atoms with E-state index in [0.29, 0.717) is 6.61 Å². The predicted octanol–water partition coefficient (Wildman–Crippen LogP) is 2.91. The van der Waals surface area contributed by atoms with Crippen molar-refractivity contribution in [3.05, 3.63) is 59.7 Å². The average Bonchev–Trinajstić information content (AvgIpc) is 3.00. The maximum atomic E-state index is 5.66. The molecule has 0 spiro atoms. The van der Waals surface area contributed by atoms with Crippen LogP contribution in [0.2, 0.25) is 0 Å². The molecule has 2 nitrogen and oxygen atoms in total. The van der Waals surface area contributed by atoms with Gasteiger partial charge in [0.25, 0.3) is 0 Å². The Balaban J connectivity index is 1.67. The fourth-order valence-electron chi connectivity index (χ4n) is 2.19. The number of aliphatic imine (C=N–C) groups is 1. The number of hydrogen-bond donors (Lipinski definition) is 0. The number of hydrogen-bond acceptors (Lipinski definition) is 2. The molecule has 2 heteroatoms. The van der Waals surface area contributed by atoms with E-state index in [1.807, 2.05) is 6.07 Å². The summed E-state index contributed by atoms with van der Waals surface area (Å²) in [6, 6.07) is 10.7. The summed E-state index contributed by atoms with van der Waals surface area (Å²) in [5.74, 6) is 0.843. The second-order valence-electron chi connectivity index (χ2n) is 4.41. The summed E-state index contributed by atoms with van der Waals surface area (Å²) in [4.78, 5) is 4.65. The summed E-state index contributed by atoms with van der Waals surface area (Å²) in [5, 5.41) is 0. The first kappa shape index (κ1) is 10.3. The van der Waals surface area contributed by atoms with E-state index in [1.165, 1.54) is 11.1 Å². The largest absolute Gasteiger partial charge is 0.475 e. The van der Waals surface area contributed by atoms with E-state index >= 15 is 0 Å². The lowest BCUT2D eigenvalue weighted by molar-refractivity contribution is 0.316. The first-order valence-corrected chi connectivity index (χ1v) is 6.02. The van der Waals surface area contributed by atoms with Crippen molar-refractivity contribution in [3.8, 4) is 0 Å². The quantitative estimate of drug-likeness (QED) is 0.775. The molecule has 86 valence electrons. The molecular formula is C15H15NO. The number of rotatable bonds is 3. The van der Waals surface area contributed by atoms with E-state index in [0.717, 1.165) is 18.7 Å². The fourth-order valence-corrected chi connectivity index (χ4v) is 2.19. The molecule has 0 unspecified atom stereocenters. The van der Waals surface area contributed by atoms with Gasteiger partial charge in [0.05, 0.1) is 6.04 Å². The molecule has 1 heterocycles. The lowest BCUT2D eigenvalue weighted by atomic mass is 10.1. The van der Waals surface area contributed by atoms with E-state index in [4.69, 9.17) is 4.74 Å². The van der Waals surface area contributed by atoms with Gasteiger partial charge in [-0.3, -0.25) is 0 Å². The van der Waals surface area contributed by atoms with Gasteiger partial charge in [-0.15, -0.1) is 0 Å². The average molecular weight is 225 g/mol. The highest BCUT2D eigenvalue weighted by Crippen LogP contribution is 2.20. The Kier molecular flexibility index (Phi) is 2.78. The van der Waals surface area contributed by atoms with Gasteiger partial charge < -0.3 is 4.74 Å². The number of benzene rings is 1. The van der Waals surface area contributed by atoms with E-state index in [9.17, 15) is 0 Å². The second-order valence-corrected chi connectivity index (χ2v) is 4.41. The van der Waals surface area contributed by atoms with Gasteiger partial charge in [-0.05, 0) is 18.4 Å². The Labute approximate surface area is 101 Å². The Bertz CT molecular complexity index is 485. The fraction of sp³-hybridized carbons (Fsp3) is 0.267. The standard InChI is InChI=1S/C15H15NO/c1-2-6-12(7-3-1)10-14-11-17-15(16-14)13-8-4-5-9-13/h1-8,14H,9-11H2/t14-/m0/s1. The van der Waals surface area contributed by atoms with Gasteiger partial charge in [-0.2, -0.15) is 0 Å². The van der Waals surface area contributed by atoms with Crippen molar-refractivity contribution in [1.82, 2.24) is 0 Å². The van der Waals surface area contributed by atoms with Crippen LogP contribution in [0.4, 0.5) is 0 Å². The van der Waals surface area contributed by atoms with Gasteiger partial charge in [0.1, 0.15) is 6.61 Å². The zero-order chi connectivity index (χ0) is 11.5. The predicted molar refractivity (Wildman–Crippen MR) is 69.2 cm³/mol. The molecule has 3 rings (SSSR count). The van der Waals surface area contributed by atoms with Gasteiger partial charge in [0.15, 0.2) is 0 Å². The Morgan fingerprint density at radius 1 is 1.24 bits per heavy atom. The minimum Gasteiger partial charge on any atom is -0.475 e. The third-order valence-corrected chi connectivity index (χ3v) is 3.07. The summed E-state index contributed by atoms with van der Waals surface area (Å²) in [5.41, 5.74) is 2.53. The van der Waals surface area contributed by atoms with Crippen molar-refractivity contribution in [1.29, 1.82) is 0 Å². The highest BCUT2D eigenvalue weighted by molar-refractivity contribution is 5.95. The summed E-state index contributed by atoms with van der Waals surface area (Å²) in [6.45, 7) is 0.710. The maximum absolute atomic E-state index is 5.66. The van der Waals surface area contributed by atoms with Crippen LogP contribution in [-0.4, -0.2) is 18.5 Å². The third-order valence-electron chi connectivity index (χ3n) is 3.07. The number of allylic oxidation sites excluding steroid dienone is 3. The van der Waals surface area contributed by atoms with Crippen LogP contribution in [0.15, 0.2) is 59.1 Å². The van der Waals surface area contributed by atoms with Crippen LogP contribution in [0.5, 0.6) is 0 Å². The Morgan fingerprint density at radius 2 is 2.12 bits per heavy atom. The molecule has 2 aliphatic rings. The number of ether oxygens (including phenoxy) is 1. The minimum atomic E-state index is 0.272. The molecule has 0 fully saturated rings. The van der Waals surface area contributed by atoms with E-state index in [-0.39, 0.29) is 6.04 Å². The maximum Gasteiger partial charge on any atom is 0.212 e. The van der Waals surface area contributed by atoms with Crippen molar-refractivity contribution in [2.45, 2.75) is 18.9 Å². The van der Waals surface area contributed by atoms with Gasteiger partial charge in [-0.25, -0.2) is 4.99 Å². The molecular weight excluding hydrogens is 210 g/mol. The molecule has 1 aromatic rings. The van der Waals surface area contributed by atoms with Gasteiger partial charge >= 0.3 is 0 Å². The van der Waals surface area contributed by atoms with Crippen molar-refractivity contribution in [2.75, 3.05) is 6.61 Å². The van der Waals surface area contributed by atoms with Crippen molar-refractivity contribution < 1.29 is 4.74 Å². The summed E-state index contributed by atoms with van der Waals surface area (Å²) < 4.78 is 5.66. The molecule has 1 aromatic carbocycles. The van der Waals surface area contributed by atoms with E-state index < -0.39 is 0 Å². The molecule has 0 saturated heterocycles. The molecule has 1 aliphatic heterocycles. The normalized spacial score (nSPS) is 22.2. The second kappa shape index (κ2) is 4.58. The Hall–Kier alpha value is -1.83. The lowest BCUT2D eigenvalue weighted by Gasteiger charge is -2.04. The number of nitrogens with zero attached hydrogens (tertiary/aromatic N) is 1. The van der Waals surface area contributed by atoms with Crippen molar-refractivity contribution in [3.63, 3.8) is 0 Å². The highest BCUT2D eigenvalue weighted by Gasteiger charge is 2.21. The highest BCUT2D eigenvalue weighted by atomic mass is 16.5. The Morgan fingerprint density at radius 3 is 2.88 bits per heavy atom. The van der Waals surface area contributed by atoms with Gasteiger partial charge in [0, 0.05) is 5.57 Å². The van der Waals surface area contributed by atoms with Crippen LogP contribution in [-0.2, 0) is 11.2 Å². The first-order valence-electron chi connectivity index (χ1n) is 6.02. The smallest absolute Gasteiger partial charge is 0.212 e. The van der Waals surface area contributed by atoms with Gasteiger partial charge in [0.2, 0.25) is 5.90 Å². The molecule has 1 atom stereocenters. The van der Waals surface area contributed by atoms with E-state index in [1.54, 1.807) is 0 Å². The van der Waals surface area contributed by atoms with Crippen LogP contribution in [0, 0.1) is 0 Å². The van der Waals surface area contributed by atoms with Crippen LogP contribution in [0.3, 0.4) is 0 Å². The zero-order valence-corrected chi connectivity index (χ0v) is 9.67. The van der Waals surface area contributed by atoms with Crippen LogP contribution in [0.25, 0.3) is 0 Å². The zero-order valence-electron chi connectivity index (χ0n) is 9.67. The van der Waals surface area contributed by atoms with Crippen LogP contribution in [0.1, 0.15) is 12.0 Å². The first-order chi connectivity index (χ1) is 8.42. The molecule has 0 N–H and O–H groups in total. The van der Waals surface area contributed by atoms with Crippen molar-refractivity contribution >= 4 is 5.90 Å². The van der Waals surface area contributed by atoms with Crippen LogP contribution < -0.4 is 0 Å². The molecule has 17 heavy (non-hydrogen) atoms. The third kappa shape index (κ3) is 2.31. The molecule has 1 aliphatic carbocycles. The lowest BCUT2D eigenvalue weighted by Crippen LogP contribution is -2.09. The van der Waals surface area contributed by atoms with E-state index in [2.05, 4.69) is 47.5 Å². The monoisotopic (exact) mass is 225 g/mol. The molecule has 0 radical (unpaired) electrons.